The minimum absolute atomic E-state index is 0.300. The molecule has 2 unspecified atom stereocenters. The van der Waals surface area contributed by atoms with Crippen LogP contribution in [0.15, 0.2) is 30.5 Å². The number of rotatable bonds is 4. The molecule has 0 aliphatic heterocycles. The number of nitrogens with zero attached hydrogens (tertiary/aromatic N) is 3. The Morgan fingerprint density at radius 3 is 3.00 bits per heavy atom. The van der Waals surface area contributed by atoms with Crippen molar-refractivity contribution in [2.24, 2.45) is 7.05 Å². The van der Waals surface area contributed by atoms with E-state index in [4.69, 9.17) is 0 Å². The summed E-state index contributed by atoms with van der Waals surface area (Å²) in [5, 5.41) is 11.7. The highest BCUT2D eigenvalue weighted by Gasteiger charge is 2.31. The van der Waals surface area contributed by atoms with Crippen molar-refractivity contribution in [2.45, 2.75) is 31.7 Å². The molecule has 4 heteroatoms. The van der Waals surface area contributed by atoms with Crippen LogP contribution in [0, 0.1) is 0 Å². The third-order valence-electron chi connectivity index (χ3n) is 4.07. The molecule has 1 aliphatic rings. The predicted molar refractivity (Wildman–Crippen MR) is 74.9 cm³/mol. The third kappa shape index (κ3) is 2.16. The van der Waals surface area contributed by atoms with E-state index in [1.165, 1.54) is 29.7 Å². The molecule has 2 atom stereocenters. The van der Waals surface area contributed by atoms with Gasteiger partial charge in [-0.15, -0.1) is 5.10 Å². The molecule has 0 amide bonds. The van der Waals surface area contributed by atoms with Crippen LogP contribution >= 0.6 is 0 Å². The fourth-order valence-electron chi connectivity index (χ4n) is 3.19. The number of hydrogen-bond acceptors (Lipinski definition) is 3. The van der Waals surface area contributed by atoms with E-state index in [2.05, 4.69) is 46.8 Å². The number of aromatic nitrogens is 3. The summed E-state index contributed by atoms with van der Waals surface area (Å²) in [6.45, 7) is 3.10. The maximum atomic E-state index is 4.07. The minimum Gasteiger partial charge on any atom is -0.308 e. The molecule has 1 heterocycles. The molecule has 4 nitrogen and oxygen atoms in total. The number of fused-ring (bicyclic) bond motifs is 1. The molecule has 0 radical (unpaired) electrons. The van der Waals surface area contributed by atoms with Gasteiger partial charge in [0, 0.05) is 13.0 Å². The summed E-state index contributed by atoms with van der Waals surface area (Å²) in [6.07, 6.45) is 4.25. The SMILES string of the molecule is CCNC(c1cnnn1C)C1CCc2ccccc21. The molecular formula is C15H20N4. The van der Waals surface area contributed by atoms with Gasteiger partial charge in [0.2, 0.25) is 0 Å². The lowest BCUT2D eigenvalue weighted by atomic mass is 9.91. The van der Waals surface area contributed by atoms with E-state index in [0.29, 0.717) is 12.0 Å². The minimum atomic E-state index is 0.300. The van der Waals surface area contributed by atoms with Crippen molar-refractivity contribution in [1.29, 1.82) is 0 Å². The second kappa shape index (κ2) is 5.13. The van der Waals surface area contributed by atoms with Gasteiger partial charge in [0.1, 0.15) is 0 Å². The topological polar surface area (TPSA) is 42.7 Å². The van der Waals surface area contributed by atoms with Crippen LogP contribution in [0.4, 0.5) is 0 Å². The quantitative estimate of drug-likeness (QED) is 0.912. The van der Waals surface area contributed by atoms with Gasteiger partial charge in [-0.25, -0.2) is 0 Å². The molecule has 100 valence electrons. The molecule has 1 aromatic carbocycles. The Hall–Kier alpha value is -1.68. The first-order valence-electron chi connectivity index (χ1n) is 6.97. The van der Waals surface area contributed by atoms with Crippen molar-refractivity contribution >= 4 is 0 Å². The predicted octanol–water partition coefficient (Wildman–Crippen LogP) is 2.20. The zero-order valence-electron chi connectivity index (χ0n) is 11.5. The molecule has 1 N–H and O–H groups in total. The number of nitrogens with one attached hydrogen (secondary N) is 1. The molecule has 1 aliphatic carbocycles. The molecule has 3 rings (SSSR count). The average Bonchev–Trinajstić information content (AvgIpc) is 3.03. The van der Waals surface area contributed by atoms with E-state index in [9.17, 15) is 0 Å². The Labute approximate surface area is 113 Å². The molecule has 0 spiro atoms. The number of aryl methyl sites for hydroxylation is 2. The zero-order valence-corrected chi connectivity index (χ0v) is 11.5. The second-order valence-corrected chi connectivity index (χ2v) is 5.16. The van der Waals surface area contributed by atoms with Crippen molar-refractivity contribution in [2.75, 3.05) is 6.54 Å². The first-order chi connectivity index (χ1) is 9.31. The molecule has 0 bridgehead atoms. The zero-order chi connectivity index (χ0) is 13.2. The maximum Gasteiger partial charge on any atom is 0.0759 e. The van der Waals surface area contributed by atoms with E-state index in [-0.39, 0.29) is 0 Å². The van der Waals surface area contributed by atoms with Crippen LogP contribution in [0.25, 0.3) is 0 Å². The van der Waals surface area contributed by atoms with Crippen LogP contribution < -0.4 is 5.32 Å². The summed E-state index contributed by atoms with van der Waals surface area (Å²) >= 11 is 0. The Morgan fingerprint density at radius 1 is 1.42 bits per heavy atom. The van der Waals surface area contributed by atoms with Gasteiger partial charge < -0.3 is 5.32 Å². The van der Waals surface area contributed by atoms with E-state index >= 15 is 0 Å². The Kier molecular flexibility index (Phi) is 3.34. The van der Waals surface area contributed by atoms with Gasteiger partial charge >= 0.3 is 0 Å². The normalized spacial score (nSPS) is 19.4. The molecular weight excluding hydrogens is 236 g/mol. The molecule has 19 heavy (non-hydrogen) atoms. The molecule has 2 aromatic rings. The molecule has 1 aromatic heterocycles. The van der Waals surface area contributed by atoms with Crippen molar-refractivity contribution in [3.05, 3.63) is 47.3 Å². The van der Waals surface area contributed by atoms with Crippen molar-refractivity contribution in [3.63, 3.8) is 0 Å². The summed E-state index contributed by atoms with van der Waals surface area (Å²) < 4.78 is 1.88. The standard InChI is InChI=1S/C15H20N4/c1-3-16-15(14-10-17-18-19(14)2)13-9-8-11-6-4-5-7-12(11)13/h4-7,10,13,15-16H,3,8-9H2,1-2H3. The van der Waals surface area contributed by atoms with Crippen molar-refractivity contribution < 1.29 is 0 Å². The van der Waals surface area contributed by atoms with Gasteiger partial charge in [0.15, 0.2) is 0 Å². The maximum absolute atomic E-state index is 4.07. The number of benzene rings is 1. The first-order valence-corrected chi connectivity index (χ1v) is 6.97. The number of hydrogen-bond donors (Lipinski definition) is 1. The third-order valence-corrected chi connectivity index (χ3v) is 4.07. The Bertz CT molecular complexity index is 561. The summed E-state index contributed by atoms with van der Waals surface area (Å²) in [7, 11) is 1.97. The van der Waals surface area contributed by atoms with Crippen LogP contribution in [0.1, 0.15) is 42.1 Å². The fourth-order valence-corrected chi connectivity index (χ4v) is 3.19. The van der Waals surface area contributed by atoms with Gasteiger partial charge in [-0.2, -0.15) is 0 Å². The smallest absolute Gasteiger partial charge is 0.0759 e. The second-order valence-electron chi connectivity index (χ2n) is 5.16. The summed E-state index contributed by atoms with van der Waals surface area (Å²) in [6, 6.07) is 9.09. The monoisotopic (exact) mass is 256 g/mol. The molecule has 0 saturated carbocycles. The van der Waals surface area contributed by atoms with Crippen LogP contribution in [-0.2, 0) is 13.5 Å². The van der Waals surface area contributed by atoms with E-state index in [0.717, 1.165) is 6.54 Å². The fraction of sp³-hybridized carbons (Fsp3) is 0.467. The van der Waals surface area contributed by atoms with Gasteiger partial charge in [-0.3, -0.25) is 4.68 Å². The lowest BCUT2D eigenvalue weighted by Gasteiger charge is -2.25. The van der Waals surface area contributed by atoms with Crippen LogP contribution in [-0.4, -0.2) is 21.5 Å². The van der Waals surface area contributed by atoms with Crippen molar-refractivity contribution in [3.8, 4) is 0 Å². The highest BCUT2D eigenvalue weighted by Crippen LogP contribution is 2.41. The molecule has 0 fully saturated rings. The van der Waals surface area contributed by atoms with Crippen LogP contribution in [0.2, 0.25) is 0 Å². The van der Waals surface area contributed by atoms with Crippen LogP contribution in [0.5, 0.6) is 0 Å². The highest BCUT2D eigenvalue weighted by molar-refractivity contribution is 5.37. The van der Waals surface area contributed by atoms with E-state index in [1.807, 2.05) is 17.9 Å². The summed E-state index contributed by atoms with van der Waals surface area (Å²) in [5.74, 6) is 0.522. The van der Waals surface area contributed by atoms with Gasteiger partial charge in [0.25, 0.3) is 0 Å². The van der Waals surface area contributed by atoms with Gasteiger partial charge in [-0.1, -0.05) is 36.4 Å². The molecule has 0 saturated heterocycles. The lowest BCUT2D eigenvalue weighted by Crippen LogP contribution is -2.28. The van der Waals surface area contributed by atoms with Gasteiger partial charge in [0.05, 0.1) is 17.9 Å². The summed E-state index contributed by atoms with van der Waals surface area (Å²) in [5.41, 5.74) is 4.14. The van der Waals surface area contributed by atoms with Crippen LogP contribution in [0.3, 0.4) is 0 Å². The Balaban J connectivity index is 1.96. The van der Waals surface area contributed by atoms with E-state index < -0.39 is 0 Å². The summed E-state index contributed by atoms with van der Waals surface area (Å²) in [4.78, 5) is 0. The first kappa shape index (κ1) is 12.4. The van der Waals surface area contributed by atoms with Crippen molar-refractivity contribution in [1.82, 2.24) is 20.3 Å². The average molecular weight is 256 g/mol. The Morgan fingerprint density at radius 2 is 2.26 bits per heavy atom. The van der Waals surface area contributed by atoms with Gasteiger partial charge in [-0.05, 0) is 30.5 Å². The lowest BCUT2D eigenvalue weighted by molar-refractivity contribution is 0.427. The number of likely N-dealkylation sites (N-methyl/N-ethyl adjacent to an activating group) is 1. The largest absolute Gasteiger partial charge is 0.308 e. The van der Waals surface area contributed by atoms with E-state index in [1.54, 1.807) is 0 Å². The highest BCUT2D eigenvalue weighted by atomic mass is 15.4.